The van der Waals surface area contributed by atoms with Crippen LogP contribution < -0.4 is 10.1 Å². The molecule has 0 saturated heterocycles. The second-order valence-electron chi connectivity index (χ2n) is 3.90. The normalized spacial score (nSPS) is 9.79. The first-order valence-corrected chi connectivity index (χ1v) is 5.79. The van der Waals surface area contributed by atoms with Gasteiger partial charge in [-0.05, 0) is 24.6 Å². The van der Waals surface area contributed by atoms with Crippen molar-refractivity contribution in [3.63, 3.8) is 0 Å². The Morgan fingerprint density at radius 1 is 1.21 bits per heavy atom. The van der Waals surface area contributed by atoms with E-state index in [1.165, 1.54) is 25.1 Å². The van der Waals surface area contributed by atoms with Gasteiger partial charge in [-0.1, -0.05) is 6.92 Å². The zero-order chi connectivity index (χ0) is 14.4. The van der Waals surface area contributed by atoms with Crippen molar-refractivity contribution in [1.82, 2.24) is 5.32 Å². The number of esters is 1. The van der Waals surface area contributed by atoms with Gasteiger partial charge in [0.1, 0.15) is 5.75 Å². The van der Waals surface area contributed by atoms with E-state index in [1.54, 1.807) is 0 Å². The van der Waals surface area contributed by atoms with Crippen LogP contribution in [0.3, 0.4) is 0 Å². The zero-order valence-electron chi connectivity index (χ0n) is 10.7. The monoisotopic (exact) mass is 265 g/mol. The van der Waals surface area contributed by atoms with Crippen LogP contribution in [-0.2, 0) is 4.79 Å². The Bertz CT molecular complexity index is 510. The molecule has 1 aromatic carbocycles. The molecule has 6 nitrogen and oxygen atoms in total. The van der Waals surface area contributed by atoms with Gasteiger partial charge in [-0.2, -0.15) is 0 Å². The fraction of sp³-hybridized carbons (Fsp3) is 0.308. The van der Waals surface area contributed by atoms with E-state index < -0.39 is 17.8 Å². The SMILES string of the molecule is CCCNC(=O)c1cc(OC(C)=O)cc(C(=O)O)c1. The Morgan fingerprint density at radius 2 is 1.84 bits per heavy atom. The van der Waals surface area contributed by atoms with E-state index in [4.69, 9.17) is 9.84 Å². The number of rotatable bonds is 5. The van der Waals surface area contributed by atoms with Crippen molar-refractivity contribution in [2.45, 2.75) is 20.3 Å². The van der Waals surface area contributed by atoms with E-state index in [0.29, 0.717) is 6.54 Å². The van der Waals surface area contributed by atoms with Crippen LogP contribution in [0, 0.1) is 0 Å². The van der Waals surface area contributed by atoms with Crippen molar-refractivity contribution < 1.29 is 24.2 Å². The third-order valence-corrected chi connectivity index (χ3v) is 2.21. The molecule has 102 valence electrons. The lowest BCUT2D eigenvalue weighted by molar-refractivity contribution is -0.131. The number of carboxylic acids is 1. The van der Waals surface area contributed by atoms with Gasteiger partial charge < -0.3 is 15.2 Å². The highest BCUT2D eigenvalue weighted by atomic mass is 16.5. The number of hydrogen-bond donors (Lipinski definition) is 2. The highest BCUT2D eigenvalue weighted by Crippen LogP contribution is 2.18. The first-order valence-electron chi connectivity index (χ1n) is 5.79. The van der Waals surface area contributed by atoms with Gasteiger partial charge in [0, 0.05) is 19.0 Å². The quantitative estimate of drug-likeness (QED) is 0.621. The maximum Gasteiger partial charge on any atom is 0.335 e. The number of ether oxygens (including phenoxy) is 1. The predicted octanol–water partition coefficient (Wildman–Crippen LogP) is 1.45. The Balaban J connectivity index is 3.08. The number of carboxylic acid groups (broad SMARTS) is 1. The van der Waals surface area contributed by atoms with E-state index in [1.807, 2.05) is 6.92 Å². The van der Waals surface area contributed by atoms with Gasteiger partial charge >= 0.3 is 11.9 Å². The van der Waals surface area contributed by atoms with Crippen LogP contribution in [0.4, 0.5) is 0 Å². The van der Waals surface area contributed by atoms with Gasteiger partial charge in [-0.15, -0.1) is 0 Å². The lowest BCUT2D eigenvalue weighted by atomic mass is 10.1. The molecule has 0 saturated carbocycles. The Hall–Kier alpha value is -2.37. The molecule has 1 amide bonds. The third-order valence-electron chi connectivity index (χ3n) is 2.21. The standard InChI is InChI=1S/C13H15NO5/c1-3-4-14-12(16)9-5-10(13(17)18)7-11(6-9)19-8(2)15/h5-7H,3-4H2,1-2H3,(H,14,16)(H,17,18). The van der Waals surface area contributed by atoms with Crippen LogP contribution in [-0.4, -0.2) is 29.5 Å². The van der Waals surface area contributed by atoms with Gasteiger partial charge in [-0.25, -0.2) is 4.79 Å². The van der Waals surface area contributed by atoms with Crippen LogP contribution >= 0.6 is 0 Å². The second-order valence-corrected chi connectivity index (χ2v) is 3.90. The third kappa shape index (κ3) is 4.42. The average molecular weight is 265 g/mol. The first kappa shape index (κ1) is 14.7. The maximum atomic E-state index is 11.8. The summed E-state index contributed by atoms with van der Waals surface area (Å²) in [4.78, 5) is 33.6. The molecule has 19 heavy (non-hydrogen) atoms. The summed E-state index contributed by atoms with van der Waals surface area (Å²) in [6, 6.07) is 3.76. The molecule has 0 aliphatic rings. The van der Waals surface area contributed by atoms with Crippen molar-refractivity contribution >= 4 is 17.8 Å². The number of carbonyl (C=O) groups excluding carboxylic acids is 2. The summed E-state index contributed by atoms with van der Waals surface area (Å²) in [6.45, 7) is 3.58. The molecule has 1 rings (SSSR count). The lowest BCUT2D eigenvalue weighted by Gasteiger charge is -2.08. The molecule has 0 spiro atoms. The molecule has 0 fully saturated rings. The fourth-order valence-electron chi connectivity index (χ4n) is 1.42. The van der Waals surface area contributed by atoms with Crippen molar-refractivity contribution in [2.24, 2.45) is 0 Å². The highest BCUT2D eigenvalue weighted by Gasteiger charge is 2.13. The summed E-state index contributed by atoms with van der Waals surface area (Å²) in [6.07, 6.45) is 0.765. The van der Waals surface area contributed by atoms with E-state index in [0.717, 1.165) is 6.42 Å². The Kier molecular flexibility index (Phi) is 5.05. The van der Waals surface area contributed by atoms with Crippen LogP contribution in [0.25, 0.3) is 0 Å². The number of benzene rings is 1. The van der Waals surface area contributed by atoms with Crippen molar-refractivity contribution in [2.75, 3.05) is 6.54 Å². The summed E-state index contributed by atoms with van der Waals surface area (Å²) in [5.74, 6) is -2.15. The van der Waals surface area contributed by atoms with Gasteiger partial charge in [0.2, 0.25) is 0 Å². The van der Waals surface area contributed by atoms with Crippen LogP contribution in [0.1, 0.15) is 41.0 Å². The molecule has 0 atom stereocenters. The van der Waals surface area contributed by atoms with E-state index >= 15 is 0 Å². The van der Waals surface area contributed by atoms with Crippen molar-refractivity contribution in [3.8, 4) is 5.75 Å². The summed E-state index contributed by atoms with van der Waals surface area (Å²) < 4.78 is 4.82. The second kappa shape index (κ2) is 6.53. The molecule has 1 aromatic rings. The number of hydrogen-bond acceptors (Lipinski definition) is 4. The number of aromatic carboxylic acids is 1. The minimum absolute atomic E-state index is 0.0362. The highest BCUT2D eigenvalue weighted by molar-refractivity contribution is 5.98. The Morgan fingerprint density at radius 3 is 2.37 bits per heavy atom. The molecular weight excluding hydrogens is 250 g/mol. The lowest BCUT2D eigenvalue weighted by Crippen LogP contribution is -2.24. The van der Waals surface area contributed by atoms with E-state index in [-0.39, 0.29) is 16.9 Å². The molecule has 0 aliphatic carbocycles. The fourth-order valence-corrected chi connectivity index (χ4v) is 1.42. The van der Waals surface area contributed by atoms with Gasteiger partial charge in [0.15, 0.2) is 0 Å². The summed E-state index contributed by atoms with van der Waals surface area (Å²) >= 11 is 0. The minimum atomic E-state index is -1.20. The zero-order valence-corrected chi connectivity index (χ0v) is 10.7. The molecule has 0 aliphatic heterocycles. The van der Waals surface area contributed by atoms with Gasteiger partial charge in [-0.3, -0.25) is 9.59 Å². The molecule has 0 heterocycles. The number of amides is 1. The summed E-state index contributed by atoms with van der Waals surface area (Å²) in [5, 5.41) is 11.6. The van der Waals surface area contributed by atoms with Crippen molar-refractivity contribution in [3.05, 3.63) is 29.3 Å². The molecule has 0 unspecified atom stereocenters. The topological polar surface area (TPSA) is 92.7 Å². The Labute approximate surface area is 110 Å². The van der Waals surface area contributed by atoms with Crippen molar-refractivity contribution in [1.29, 1.82) is 0 Å². The van der Waals surface area contributed by atoms with E-state index in [9.17, 15) is 14.4 Å². The molecular formula is C13H15NO5. The maximum absolute atomic E-state index is 11.8. The molecule has 0 aromatic heterocycles. The first-order chi connectivity index (χ1) is 8.93. The van der Waals surface area contributed by atoms with Gasteiger partial charge in [0.05, 0.1) is 5.56 Å². The summed E-state index contributed by atoms with van der Waals surface area (Å²) in [5.41, 5.74) is 0.0324. The average Bonchev–Trinajstić information content (AvgIpc) is 2.34. The van der Waals surface area contributed by atoms with Crippen LogP contribution in [0.5, 0.6) is 5.75 Å². The molecule has 6 heteroatoms. The van der Waals surface area contributed by atoms with Crippen LogP contribution in [0.2, 0.25) is 0 Å². The smallest absolute Gasteiger partial charge is 0.335 e. The van der Waals surface area contributed by atoms with Crippen LogP contribution in [0.15, 0.2) is 18.2 Å². The number of nitrogens with one attached hydrogen (secondary N) is 1. The van der Waals surface area contributed by atoms with Gasteiger partial charge in [0.25, 0.3) is 5.91 Å². The minimum Gasteiger partial charge on any atom is -0.478 e. The molecule has 2 N–H and O–H groups in total. The van der Waals surface area contributed by atoms with E-state index in [2.05, 4.69) is 5.32 Å². The largest absolute Gasteiger partial charge is 0.478 e. The predicted molar refractivity (Wildman–Crippen MR) is 67.3 cm³/mol. The molecule has 0 bridgehead atoms. The summed E-state index contributed by atoms with van der Waals surface area (Å²) in [7, 11) is 0. The number of carbonyl (C=O) groups is 3. The molecule has 0 radical (unpaired) electrons.